The van der Waals surface area contributed by atoms with Crippen LogP contribution in [0, 0.1) is 0 Å². The molecule has 2 rings (SSSR count). The van der Waals surface area contributed by atoms with Crippen LogP contribution < -0.4 is 10.9 Å². The summed E-state index contributed by atoms with van der Waals surface area (Å²) in [6.07, 6.45) is -0.871. The van der Waals surface area contributed by atoms with Gasteiger partial charge in [0.25, 0.3) is 0 Å². The van der Waals surface area contributed by atoms with Gasteiger partial charge in [-0.05, 0) is 6.07 Å². The van der Waals surface area contributed by atoms with Crippen molar-refractivity contribution in [1.29, 1.82) is 0 Å². The minimum Gasteiger partial charge on any atom is -0.423 e. The number of hydrazine groups is 1. The molecule has 1 aromatic rings. The maximum absolute atomic E-state index is 10.7. The van der Waals surface area contributed by atoms with E-state index in [0.29, 0.717) is 0 Å². The summed E-state index contributed by atoms with van der Waals surface area (Å²) >= 11 is 3.37. The number of cyclic esters (lactones) is 1. The SMILES string of the molecule is O=C1NNC(c2ccccc2Br)O1. The molecule has 1 atom stereocenters. The third kappa shape index (κ3) is 1.66. The Morgan fingerprint density at radius 2 is 2.15 bits per heavy atom. The Bertz CT molecular complexity index is 343. The van der Waals surface area contributed by atoms with Crippen LogP contribution in [0.15, 0.2) is 28.7 Å². The average Bonchev–Trinajstić information content (AvgIpc) is 2.53. The Labute approximate surface area is 83.4 Å². The fourth-order valence-electron chi connectivity index (χ4n) is 1.12. The highest BCUT2D eigenvalue weighted by atomic mass is 79.9. The maximum Gasteiger partial charge on any atom is 0.423 e. The van der Waals surface area contributed by atoms with Crippen molar-refractivity contribution >= 4 is 22.0 Å². The monoisotopic (exact) mass is 242 g/mol. The molecule has 0 radical (unpaired) electrons. The molecule has 1 saturated heterocycles. The van der Waals surface area contributed by atoms with Gasteiger partial charge in [0, 0.05) is 10.0 Å². The van der Waals surface area contributed by atoms with E-state index in [0.717, 1.165) is 10.0 Å². The second kappa shape index (κ2) is 3.35. The number of rotatable bonds is 1. The van der Waals surface area contributed by atoms with Crippen LogP contribution in [-0.4, -0.2) is 6.09 Å². The number of halogens is 1. The van der Waals surface area contributed by atoms with Crippen LogP contribution in [-0.2, 0) is 4.74 Å². The second-order valence-corrected chi connectivity index (χ2v) is 3.43. The third-order valence-corrected chi connectivity index (χ3v) is 2.44. The molecular weight excluding hydrogens is 236 g/mol. The van der Waals surface area contributed by atoms with Crippen molar-refractivity contribution in [2.24, 2.45) is 0 Å². The number of hydrogen-bond donors (Lipinski definition) is 2. The van der Waals surface area contributed by atoms with Crippen molar-refractivity contribution in [3.63, 3.8) is 0 Å². The van der Waals surface area contributed by atoms with Gasteiger partial charge in [-0.25, -0.2) is 4.79 Å². The minimum absolute atomic E-state index is 0.414. The third-order valence-electron chi connectivity index (χ3n) is 1.72. The molecule has 0 aromatic heterocycles. The number of carbonyl (C=O) groups is 1. The number of nitrogens with one attached hydrogen (secondary N) is 2. The van der Waals surface area contributed by atoms with E-state index in [9.17, 15) is 4.79 Å². The lowest BCUT2D eigenvalue weighted by atomic mass is 10.2. The highest BCUT2D eigenvalue weighted by molar-refractivity contribution is 9.10. The highest BCUT2D eigenvalue weighted by Crippen LogP contribution is 2.25. The summed E-state index contributed by atoms with van der Waals surface area (Å²) in [5.74, 6) is 0. The molecule has 68 valence electrons. The topological polar surface area (TPSA) is 50.4 Å². The lowest BCUT2D eigenvalue weighted by molar-refractivity contribution is 0.130. The molecule has 1 unspecified atom stereocenters. The van der Waals surface area contributed by atoms with Crippen molar-refractivity contribution in [3.8, 4) is 0 Å². The van der Waals surface area contributed by atoms with Crippen molar-refractivity contribution in [2.45, 2.75) is 6.23 Å². The molecule has 5 heteroatoms. The van der Waals surface area contributed by atoms with Crippen LogP contribution >= 0.6 is 15.9 Å². The van der Waals surface area contributed by atoms with Crippen LogP contribution in [0.4, 0.5) is 4.79 Å². The molecule has 4 nitrogen and oxygen atoms in total. The van der Waals surface area contributed by atoms with Gasteiger partial charge in [-0.2, -0.15) is 5.43 Å². The molecular formula is C8H7BrN2O2. The van der Waals surface area contributed by atoms with E-state index in [-0.39, 0.29) is 0 Å². The number of amides is 1. The molecule has 1 aromatic carbocycles. The van der Waals surface area contributed by atoms with Gasteiger partial charge in [-0.3, -0.25) is 5.43 Å². The van der Waals surface area contributed by atoms with Crippen LogP contribution in [0.1, 0.15) is 11.8 Å². The van der Waals surface area contributed by atoms with Crippen LogP contribution in [0.3, 0.4) is 0 Å². The van der Waals surface area contributed by atoms with E-state index in [1.807, 2.05) is 24.3 Å². The van der Waals surface area contributed by atoms with Crippen LogP contribution in [0.5, 0.6) is 0 Å². The Morgan fingerprint density at radius 3 is 2.77 bits per heavy atom. The summed E-state index contributed by atoms with van der Waals surface area (Å²) in [5.41, 5.74) is 5.96. The van der Waals surface area contributed by atoms with Gasteiger partial charge in [0.05, 0.1) is 0 Å². The minimum atomic E-state index is -0.458. The molecule has 1 fully saturated rings. The van der Waals surface area contributed by atoms with E-state index >= 15 is 0 Å². The molecule has 1 aliphatic heterocycles. The normalized spacial score (nSPS) is 21.0. The van der Waals surface area contributed by atoms with E-state index in [2.05, 4.69) is 26.8 Å². The predicted octanol–water partition coefficient (Wildman–Crippen LogP) is 1.69. The number of ether oxygens (including phenoxy) is 1. The molecule has 0 saturated carbocycles. The van der Waals surface area contributed by atoms with Gasteiger partial charge in [-0.15, -0.1) is 0 Å². The number of benzene rings is 1. The number of hydrogen-bond acceptors (Lipinski definition) is 3. The summed E-state index contributed by atoms with van der Waals surface area (Å²) in [7, 11) is 0. The van der Waals surface area contributed by atoms with Crippen molar-refractivity contribution < 1.29 is 9.53 Å². The zero-order valence-corrected chi connectivity index (χ0v) is 8.17. The first-order valence-corrected chi connectivity index (χ1v) is 4.53. The quantitative estimate of drug-likeness (QED) is 0.789. The smallest absolute Gasteiger partial charge is 0.423 e. The van der Waals surface area contributed by atoms with Gasteiger partial charge in [0.1, 0.15) is 0 Å². The summed E-state index contributed by atoms with van der Waals surface area (Å²) < 4.78 is 5.84. The first-order valence-electron chi connectivity index (χ1n) is 3.74. The molecule has 1 amide bonds. The Morgan fingerprint density at radius 1 is 1.38 bits per heavy atom. The van der Waals surface area contributed by atoms with Gasteiger partial charge < -0.3 is 4.74 Å². The standard InChI is InChI=1S/C8H7BrN2O2/c9-6-4-2-1-3-5(6)7-10-11-8(12)13-7/h1-4,7,10H,(H,11,12). The maximum atomic E-state index is 10.7. The summed E-state index contributed by atoms with van der Waals surface area (Å²) in [6.45, 7) is 0. The first kappa shape index (κ1) is 8.52. The lowest BCUT2D eigenvalue weighted by Crippen LogP contribution is -2.26. The largest absolute Gasteiger partial charge is 0.423 e. The summed E-state index contributed by atoms with van der Waals surface area (Å²) in [4.78, 5) is 10.7. The van der Waals surface area contributed by atoms with Gasteiger partial charge in [-0.1, -0.05) is 34.1 Å². The van der Waals surface area contributed by atoms with Gasteiger partial charge in [0.2, 0.25) is 0 Å². The fraction of sp³-hybridized carbons (Fsp3) is 0.125. The van der Waals surface area contributed by atoms with Crippen LogP contribution in [0.25, 0.3) is 0 Å². The zero-order chi connectivity index (χ0) is 9.26. The molecule has 1 aliphatic rings. The van der Waals surface area contributed by atoms with E-state index in [1.165, 1.54) is 0 Å². The van der Waals surface area contributed by atoms with Crippen molar-refractivity contribution in [1.82, 2.24) is 10.9 Å². The first-order chi connectivity index (χ1) is 6.27. The zero-order valence-electron chi connectivity index (χ0n) is 6.58. The fourth-order valence-corrected chi connectivity index (χ4v) is 1.61. The second-order valence-electron chi connectivity index (χ2n) is 2.58. The average molecular weight is 243 g/mol. The van der Waals surface area contributed by atoms with E-state index < -0.39 is 12.3 Å². The van der Waals surface area contributed by atoms with E-state index in [4.69, 9.17) is 4.74 Å². The molecule has 13 heavy (non-hydrogen) atoms. The Hall–Kier alpha value is -1.07. The molecule has 1 heterocycles. The van der Waals surface area contributed by atoms with Crippen molar-refractivity contribution in [3.05, 3.63) is 34.3 Å². The predicted molar refractivity (Wildman–Crippen MR) is 49.6 cm³/mol. The van der Waals surface area contributed by atoms with Crippen LogP contribution in [0.2, 0.25) is 0 Å². The van der Waals surface area contributed by atoms with Crippen molar-refractivity contribution in [2.75, 3.05) is 0 Å². The molecule has 0 aliphatic carbocycles. The Kier molecular flexibility index (Phi) is 2.20. The Balaban J connectivity index is 2.26. The van der Waals surface area contributed by atoms with Gasteiger partial charge >= 0.3 is 6.09 Å². The molecule has 0 bridgehead atoms. The number of carbonyl (C=O) groups excluding carboxylic acids is 1. The lowest BCUT2D eigenvalue weighted by Gasteiger charge is -2.09. The van der Waals surface area contributed by atoms with Gasteiger partial charge in [0.15, 0.2) is 6.23 Å². The molecule has 0 spiro atoms. The summed E-state index contributed by atoms with van der Waals surface area (Å²) in [6, 6.07) is 7.55. The highest BCUT2D eigenvalue weighted by Gasteiger charge is 2.24. The molecule has 2 N–H and O–H groups in total. The summed E-state index contributed by atoms with van der Waals surface area (Å²) in [5, 5.41) is 0. The van der Waals surface area contributed by atoms with E-state index in [1.54, 1.807) is 0 Å².